The summed E-state index contributed by atoms with van der Waals surface area (Å²) in [5, 5.41) is 8.26. The van der Waals surface area contributed by atoms with Crippen molar-refractivity contribution in [3.05, 3.63) is 24.0 Å². The Morgan fingerprint density at radius 1 is 1.73 bits per heavy atom. The molecule has 0 saturated heterocycles. The molecule has 3 nitrogen and oxygen atoms in total. The number of carbonyl (C=O) groups is 1. The number of aldehydes is 1. The first kappa shape index (κ1) is 7.55. The molecule has 0 aliphatic rings. The smallest absolute Gasteiger partial charge is 0.151 e. The third-order valence-corrected chi connectivity index (χ3v) is 1.39. The van der Waals surface area contributed by atoms with Gasteiger partial charge in [0.05, 0.1) is 12.5 Å². The van der Waals surface area contributed by atoms with Gasteiger partial charge in [-0.2, -0.15) is 5.26 Å². The second-order valence-electron chi connectivity index (χ2n) is 2.21. The van der Waals surface area contributed by atoms with Crippen LogP contribution in [0.3, 0.4) is 0 Å². The van der Waals surface area contributed by atoms with Crippen LogP contribution in [0.25, 0.3) is 0 Å². The van der Waals surface area contributed by atoms with Gasteiger partial charge >= 0.3 is 0 Å². The van der Waals surface area contributed by atoms with Gasteiger partial charge in [0.2, 0.25) is 0 Å². The Morgan fingerprint density at radius 3 is 3.09 bits per heavy atom. The van der Waals surface area contributed by atoms with E-state index in [2.05, 4.69) is 0 Å². The Morgan fingerprint density at radius 2 is 2.55 bits per heavy atom. The molecule has 0 bridgehead atoms. The van der Waals surface area contributed by atoms with Crippen molar-refractivity contribution < 1.29 is 4.79 Å². The van der Waals surface area contributed by atoms with Gasteiger partial charge in [-0.3, -0.25) is 4.79 Å². The lowest BCUT2D eigenvalue weighted by molar-refractivity contribution is 0.112. The highest BCUT2D eigenvalue weighted by Gasteiger charge is 1.92. The predicted octanol–water partition coefficient (Wildman–Crippen LogP) is 1.21. The molecule has 0 aliphatic carbocycles. The maximum atomic E-state index is 10.2. The summed E-state index contributed by atoms with van der Waals surface area (Å²) in [7, 11) is 0. The van der Waals surface area contributed by atoms with Crippen molar-refractivity contribution in [1.82, 2.24) is 4.57 Å². The standard InChI is InChI=1S/C8H8N2O/c9-3-1-4-10-5-2-8(6-10)7-11/h2,5-7H,1,4H2. The zero-order valence-electron chi connectivity index (χ0n) is 6.03. The molecule has 0 radical (unpaired) electrons. The number of nitriles is 1. The second kappa shape index (κ2) is 3.57. The summed E-state index contributed by atoms with van der Waals surface area (Å²) in [4.78, 5) is 10.2. The molecule has 1 heterocycles. The number of hydrogen-bond acceptors (Lipinski definition) is 2. The van der Waals surface area contributed by atoms with Gasteiger partial charge in [-0.25, -0.2) is 0 Å². The summed E-state index contributed by atoms with van der Waals surface area (Å²) in [6.45, 7) is 0.657. The van der Waals surface area contributed by atoms with Gasteiger partial charge in [0.15, 0.2) is 6.29 Å². The molecule has 3 heteroatoms. The molecular formula is C8H8N2O. The topological polar surface area (TPSA) is 45.8 Å². The van der Waals surface area contributed by atoms with Crippen molar-refractivity contribution in [3.63, 3.8) is 0 Å². The van der Waals surface area contributed by atoms with E-state index in [1.807, 2.05) is 10.6 Å². The van der Waals surface area contributed by atoms with E-state index < -0.39 is 0 Å². The third-order valence-electron chi connectivity index (χ3n) is 1.39. The van der Waals surface area contributed by atoms with E-state index in [0.29, 0.717) is 18.5 Å². The van der Waals surface area contributed by atoms with Crippen LogP contribution in [0.15, 0.2) is 18.5 Å². The minimum Gasteiger partial charge on any atom is -0.352 e. The molecule has 11 heavy (non-hydrogen) atoms. The van der Waals surface area contributed by atoms with Gasteiger partial charge in [-0.15, -0.1) is 0 Å². The molecule has 0 N–H and O–H groups in total. The fourth-order valence-corrected chi connectivity index (χ4v) is 0.847. The minimum atomic E-state index is 0.479. The zero-order chi connectivity index (χ0) is 8.10. The Labute approximate surface area is 64.9 Å². The fraction of sp³-hybridized carbons (Fsp3) is 0.250. The molecule has 1 aromatic rings. The van der Waals surface area contributed by atoms with Gasteiger partial charge in [-0.1, -0.05) is 0 Å². The average Bonchev–Trinajstić information content (AvgIpc) is 2.48. The number of rotatable bonds is 3. The molecule has 1 rings (SSSR count). The van der Waals surface area contributed by atoms with Crippen LogP contribution in [0.2, 0.25) is 0 Å². The van der Waals surface area contributed by atoms with Gasteiger partial charge in [0, 0.05) is 24.5 Å². The zero-order valence-corrected chi connectivity index (χ0v) is 6.03. The number of aromatic nitrogens is 1. The van der Waals surface area contributed by atoms with Gasteiger partial charge in [0.25, 0.3) is 0 Å². The van der Waals surface area contributed by atoms with Gasteiger partial charge < -0.3 is 4.57 Å². The van der Waals surface area contributed by atoms with E-state index in [1.54, 1.807) is 18.5 Å². The highest BCUT2D eigenvalue weighted by atomic mass is 16.1. The van der Waals surface area contributed by atoms with Crippen LogP contribution in [-0.4, -0.2) is 10.9 Å². The monoisotopic (exact) mass is 148 g/mol. The quantitative estimate of drug-likeness (QED) is 0.605. The first-order valence-electron chi connectivity index (χ1n) is 3.34. The summed E-state index contributed by atoms with van der Waals surface area (Å²) >= 11 is 0. The van der Waals surface area contributed by atoms with Crippen LogP contribution in [0, 0.1) is 11.3 Å². The third kappa shape index (κ3) is 1.94. The molecule has 0 fully saturated rings. The summed E-state index contributed by atoms with van der Waals surface area (Å²) in [5.41, 5.74) is 0.655. The van der Waals surface area contributed by atoms with E-state index in [4.69, 9.17) is 5.26 Å². The van der Waals surface area contributed by atoms with Crippen LogP contribution < -0.4 is 0 Å². The molecule has 56 valence electrons. The minimum absolute atomic E-state index is 0.479. The number of carbonyl (C=O) groups excluding carboxylic acids is 1. The largest absolute Gasteiger partial charge is 0.352 e. The molecule has 1 aromatic heterocycles. The number of aryl methyl sites for hydroxylation is 1. The van der Waals surface area contributed by atoms with E-state index in [-0.39, 0.29) is 0 Å². The highest BCUT2D eigenvalue weighted by Crippen LogP contribution is 1.98. The molecule has 0 atom stereocenters. The predicted molar refractivity (Wildman–Crippen MR) is 40.0 cm³/mol. The van der Waals surface area contributed by atoms with Crippen molar-refractivity contribution in [3.8, 4) is 6.07 Å². The van der Waals surface area contributed by atoms with E-state index in [0.717, 1.165) is 6.29 Å². The Kier molecular flexibility index (Phi) is 2.45. The Bertz CT molecular complexity index is 283. The van der Waals surface area contributed by atoms with Crippen LogP contribution in [0.1, 0.15) is 16.8 Å². The summed E-state index contributed by atoms with van der Waals surface area (Å²) < 4.78 is 1.83. The van der Waals surface area contributed by atoms with Crippen LogP contribution >= 0.6 is 0 Å². The van der Waals surface area contributed by atoms with E-state index >= 15 is 0 Å². The van der Waals surface area contributed by atoms with Crippen LogP contribution in [0.5, 0.6) is 0 Å². The first-order valence-corrected chi connectivity index (χ1v) is 3.34. The average molecular weight is 148 g/mol. The van der Waals surface area contributed by atoms with Crippen molar-refractivity contribution in [2.45, 2.75) is 13.0 Å². The normalized spacial score (nSPS) is 9.00. The Hall–Kier alpha value is -1.56. The Balaban J connectivity index is 2.59. The first-order chi connectivity index (χ1) is 5.36. The number of hydrogen-bond donors (Lipinski definition) is 0. The van der Waals surface area contributed by atoms with Gasteiger partial charge in [-0.05, 0) is 6.07 Å². The molecular weight excluding hydrogens is 140 g/mol. The maximum absolute atomic E-state index is 10.2. The fourth-order valence-electron chi connectivity index (χ4n) is 0.847. The maximum Gasteiger partial charge on any atom is 0.151 e. The number of nitrogens with zero attached hydrogens (tertiary/aromatic N) is 2. The lowest BCUT2D eigenvalue weighted by atomic mass is 10.4. The molecule has 0 spiro atoms. The molecule has 0 aromatic carbocycles. The van der Waals surface area contributed by atoms with Crippen molar-refractivity contribution in [2.75, 3.05) is 0 Å². The van der Waals surface area contributed by atoms with Crippen LogP contribution in [-0.2, 0) is 6.54 Å². The van der Waals surface area contributed by atoms with Gasteiger partial charge in [0.1, 0.15) is 0 Å². The van der Waals surface area contributed by atoms with Crippen molar-refractivity contribution in [1.29, 1.82) is 5.26 Å². The molecule has 0 unspecified atom stereocenters. The molecule has 0 amide bonds. The van der Waals surface area contributed by atoms with Crippen LogP contribution in [0.4, 0.5) is 0 Å². The second-order valence-corrected chi connectivity index (χ2v) is 2.21. The molecule has 0 aliphatic heterocycles. The van der Waals surface area contributed by atoms with Crippen molar-refractivity contribution >= 4 is 6.29 Å². The lowest BCUT2D eigenvalue weighted by Crippen LogP contribution is -1.91. The lowest BCUT2D eigenvalue weighted by Gasteiger charge is -1.94. The summed E-state index contributed by atoms with van der Waals surface area (Å²) in [6, 6.07) is 3.76. The SMILES string of the molecule is N#CCCn1ccc(C=O)c1. The summed E-state index contributed by atoms with van der Waals surface area (Å²) in [6.07, 6.45) is 4.79. The molecule has 0 saturated carbocycles. The van der Waals surface area contributed by atoms with Crippen molar-refractivity contribution in [2.24, 2.45) is 0 Å². The summed E-state index contributed by atoms with van der Waals surface area (Å²) in [5.74, 6) is 0. The van der Waals surface area contributed by atoms with E-state index in [9.17, 15) is 4.79 Å². The highest BCUT2D eigenvalue weighted by molar-refractivity contribution is 5.74. The van der Waals surface area contributed by atoms with E-state index in [1.165, 1.54) is 0 Å².